The van der Waals surface area contributed by atoms with Crippen LogP contribution in [-0.4, -0.2) is 31.1 Å². The summed E-state index contributed by atoms with van der Waals surface area (Å²) < 4.78 is 0. The first-order valence-electron chi connectivity index (χ1n) is 8.09. The molecule has 1 atom stereocenters. The van der Waals surface area contributed by atoms with E-state index in [0.717, 1.165) is 32.7 Å². The van der Waals surface area contributed by atoms with Gasteiger partial charge in [-0.05, 0) is 30.2 Å². The molecule has 116 valence electrons. The van der Waals surface area contributed by atoms with E-state index in [-0.39, 0.29) is 6.04 Å². The van der Waals surface area contributed by atoms with E-state index in [9.17, 15) is 0 Å². The molecule has 1 unspecified atom stereocenters. The van der Waals surface area contributed by atoms with Crippen LogP contribution in [0.15, 0.2) is 54.6 Å². The van der Waals surface area contributed by atoms with Gasteiger partial charge in [0.25, 0.3) is 0 Å². The van der Waals surface area contributed by atoms with E-state index in [1.807, 2.05) is 6.92 Å². The Morgan fingerprint density at radius 1 is 0.909 bits per heavy atom. The number of hydrogen-bond acceptors (Lipinski definition) is 3. The molecule has 0 amide bonds. The molecule has 0 aromatic heterocycles. The molecule has 0 spiro atoms. The summed E-state index contributed by atoms with van der Waals surface area (Å²) in [5, 5.41) is 0. The maximum Gasteiger partial charge on any atom is 0.0367 e. The standard InChI is InChI=1S/C19H25N3/c1-16(20)18-9-7-17(8-10-18)15-21-11-13-22(14-12-21)19-5-3-2-4-6-19/h2-10,16H,11-15,20H2,1H3. The Kier molecular flexibility index (Phi) is 4.76. The van der Waals surface area contributed by atoms with Gasteiger partial charge in [-0.15, -0.1) is 0 Å². The van der Waals surface area contributed by atoms with E-state index in [1.165, 1.54) is 16.8 Å². The Balaban J connectivity index is 1.53. The molecule has 2 aromatic carbocycles. The molecule has 2 N–H and O–H groups in total. The van der Waals surface area contributed by atoms with Crippen LogP contribution < -0.4 is 10.6 Å². The number of hydrogen-bond donors (Lipinski definition) is 1. The Morgan fingerprint density at radius 3 is 2.14 bits per heavy atom. The SMILES string of the molecule is CC(N)c1ccc(CN2CCN(c3ccccc3)CC2)cc1. The fourth-order valence-corrected chi connectivity index (χ4v) is 2.99. The highest BCUT2D eigenvalue weighted by molar-refractivity contribution is 5.46. The lowest BCUT2D eigenvalue weighted by atomic mass is 10.1. The first-order valence-corrected chi connectivity index (χ1v) is 8.09. The lowest BCUT2D eigenvalue weighted by molar-refractivity contribution is 0.250. The van der Waals surface area contributed by atoms with E-state index in [2.05, 4.69) is 64.4 Å². The number of piperazine rings is 1. The second-order valence-corrected chi connectivity index (χ2v) is 6.13. The highest BCUT2D eigenvalue weighted by Gasteiger charge is 2.17. The van der Waals surface area contributed by atoms with Crippen LogP contribution in [0.1, 0.15) is 24.1 Å². The molecular formula is C19H25N3. The molecule has 3 nitrogen and oxygen atoms in total. The highest BCUT2D eigenvalue weighted by Crippen LogP contribution is 2.17. The van der Waals surface area contributed by atoms with Gasteiger partial charge >= 0.3 is 0 Å². The van der Waals surface area contributed by atoms with Gasteiger partial charge in [-0.3, -0.25) is 4.90 Å². The molecule has 3 rings (SSSR count). The summed E-state index contributed by atoms with van der Waals surface area (Å²) in [4.78, 5) is 5.00. The summed E-state index contributed by atoms with van der Waals surface area (Å²) in [7, 11) is 0. The molecule has 0 bridgehead atoms. The zero-order chi connectivity index (χ0) is 15.4. The maximum atomic E-state index is 5.90. The summed E-state index contributed by atoms with van der Waals surface area (Å²) in [5.41, 5.74) is 9.82. The third kappa shape index (κ3) is 3.67. The van der Waals surface area contributed by atoms with Crippen LogP contribution >= 0.6 is 0 Å². The lowest BCUT2D eigenvalue weighted by Gasteiger charge is -2.36. The van der Waals surface area contributed by atoms with E-state index in [1.54, 1.807) is 0 Å². The number of para-hydroxylation sites is 1. The second kappa shape index (κ2) is 6.95. The van der Waals surface area contributed by atoms with Crippen molar-refractivity contribution in [1.29, 1.82) is 0 Å². The number of nitrogens with zero attached hydrogens (tertiary/aromatic N) is 2. The van der Waals surface area contributed by atoms with E-state index in [0.29, 0.717) is 0 Å². The minimum atomic E-state index is 0.114. The predicted molar refractivity (Wildman–Crippen MR) is 93.0 cm³/mol. The van der Waals surface area contributed by atoms with Crippen LogP contribution in [0.5, 0.6) is 0 Å². The number of anilines is 1. The van der Waals surface area contributed by atoms with Gasteiger partial charge in [0.1, 0.15) is 0 Å². The summed E-state index contributed by atoms with van der Waals surface area (Å²) in [6.07, 6.45) is 0. The van der Waals surface area contributed by atoms with Crippen LogP contribution in [-0.2, 0) is 6.54 Å². The van der Waals surface area contributed by atoms with Crippen molar-refractivity contribution in [3.63, 3.8) is 0 Å². The van der Waals surface area contributed by atoms with Crippen molar-refractivity contribution in [3.8, 4) is 0 Å². The van der Waals surface area contributed by atoms with Crippen LogP contribution in [0.25, 0.3) is 0 Å². The molecular weight excluding hydrogens is 270 g/mol. The van der Waals surface area contributed by atoms with Crippen molar-refractivity contribution in [1.82, 2.24) is 4.90 Å². The maximum absolute atomic E-state index is 5.90. The van der Waals surface area contributed by atoms with Crippen molar-refractivity contribution >= 4 is 5.69 Å². The van der Waals surface area contributed by atoms with Crippen molar-refractivity contribution in [2.24, 2.45) is 5.73 Å². The zero-order valence-electron chi connectivity index (χ0n) is 13.3. The molecule has 1 saturated heterocycles. The van der Waals surface area contributed by atoms with Crippen molar-refractivity contribution in [3.05, 3.63) is 65.7 Å². The van der Waals surface area contributed by atoms with Crippen LogP contribution in [0.3, 0.4) is 0 Å². The Morgan fingerprint density at radius 2 is 1.55 bits per heavy atom. The average Bonchev–Trinajstić information content (AvgIpc) is 2.57. The molecule has 1 aliphatic rings. The second-order valence-electron chi connectivity index (χ2n) is 6.13. The van der Waals surface area contributed by atoms with E-state index >= 15 is 0 Å². The van der Waals surface area contributed by atoms with Crippen molar-refractivity contribution in [2.45, 2.75) is 19.5 Å². The Bertz CT molecular complexity index is 569. The first-order chi connectivity index (χ1) is 10.7. The Labute approximate surface area is 133 Å². The smallest absolute Gasteiger partial charge is 0.0367 e. The lowest BCUT2D eigenvalue weighted by Crippen LogP contribution is -2.45. The molecule has 22 heavy (non-hydrogen) atoms. The van der Waals surface area contributed by atoms with Gasteiger partial charge in [0.15, 0.2) is 0 Å². The normalized spacial score (nSPS) is 17.5. The van der Waals surface area contributed by atoms with Crippen LogP contribution in [0.2, 0.25) is 0 Å². The number of nitrogens with two attached hydrogens (primary N) is 1. The van der Waals surface area contributed by atoms with Gasteiger partial charge in [-0.25, -0.2) is 0 Å². The molecule has 0 saturated carbocycles. The fraction of sp³-hybridized carbons (Fsp3) is 0.368. The molecule has 0 radical (unpaired) electrons. The molecule has 1 aliphatic heterocycles. The average molecular weight is 295 g/mol. The van der Waals surface area contributed by atoms with Gasteiger partial charge in [0.2, 0.25) is 0 Å². The highest BCUT2D eigenvalue weighted by atomic mass is 15.3. The largest absolute Gasteiger partial charge is 0.369 e. The molecule has 1 heterocycles. The van der Waals surface area contributed by atoms with Gasteiger partial charge in [0, 0.05) is 44.5 Å². The van der Waals surface area contributed by atoms with E-state index in [4.69, 9.17) is 5.73 Å². The van der Waals surface area contributed by atoms with Gasteiger partial charge in [-0.2, -0.15) is 0 Å². The third-order valence-corrected chi connectivity index (χ3v) is 4.41. The van der Waals surface area contributed by atoms with E-state index < -0.39 is 0 Å². The molecule has 3 heteroatoms. The third-order valence-electron chi connectivity index (χ3n) is 4.41. The van der Waals surface area contributed by atoms with Crippen molar-refractivity contribution < 1.29 is 0 Å². The molecule has 2 aromatic rings. The van der Waals surface area contributed by atoms with Crippen molar-refractivity contribution in [2.75, 3.05) is 31.1 Å². The Hall–Kier alpha value is -1.84. The number of rotatable bonds is 4. The quantitative estimate of drug-likeness (QED) is 0.941. The molecule has 1 fully saturated rings. The monoisotopic (exact) mass is 295 g/mol. The van der Waals surface area contributed by atoms with Gasteiger partial charge < -0.3 is 10.6 Å². The van der Waals surface area contributed by atoms with Gasteiger partial charge in [0.05, 0.1) is 0 Å². The van der Waals surface area contributed by atoms with Gasteiger partial charge in [-0.1, -0.05) is 42.5 Å². The first kappa shape index (κ1) is 15.1. The predicted octanol–water partition coefficient (Wildman–Crippen LogP) is 3.03. The number of benzene rings is 2. The minimum Gasteiger partial charge on any atom is -0.369 e. The minimum absolute atomic E-state index is 0.114. The zero-order valence-corrected chi connectivity index (χ0v) is 13.3. The topological polar surface area (TPSA) is 32.5 Å². The van der Waals surface area contributed by atoms with Crippen LogP contribution in [0, 0.1) is 0 Å². The summed E-state index contributed by atoms with van der Waals surface area (Å²) in [5.74, 6) is 0. The summed E-state index contributed by atoms with van der Waals surface area (Å²) >= 11 is 0. The fourth-order valence-electron chi connectivity index (χ4n) is 2.99. The summed E-state index contributed by atoms with van der Waals surface area (Å²) in [6, 6.07) is 19.5. The summed E-state index contributed by atoms with van der Waals surface area (Å²) in [6.45, 7) is 7.48. The van der Waals surface area contributed by atoms with Crippen LogP contribution in [0.4, 0.5) is 5.69 Å². The molecule has 0 aliphatic carbocycles.